The minimum Gasteiger partial charge on any atom is -0.353 e. The molecule has 60 valence electrons. The van der Waals surface area contributed by atoms with E-state index in [-0.39, 0.29) is 5.91 Å². The Hall–Kier alpha value is -1.23. The van der Waals surface area contributed by atoms with Gasteiger partial charge in [0.05, 0.1) is 0 Å². The smallest absolute Gasteiger partial charge is 0.243 e. The van der Waals surface area contributed by atoms with Crippen molar-refractivity contribution in [2.75, 3.05) is 6.54 Å². The summed E-state index contributed by atoms with van der Waals surface area (Å²) in [5, 5.41) is 2.70. The molecule has 0 aliphatic rings. The van der Waals surface area contributed by atoms with Crippen LogP contribution in [0.15, 0.2) is 12.2 Å². The predicted molar refractivity (Wildman–Crippen MR) is 45.9 cm³/mol. The first-order chi connectivity index (χ1) is 5.31. The third-order valence-electron chi connectivity index (χ3n) is 1.12. The molecule has 0 rings (SSSR count). The maximum atomic E-state index is 10.8. The van der Waals surface area contributed by atoms with E-state index in [0.717, 1.165) is 12.8 Å². The third-order valence-corrected chi connectivity index (χ3v) is 1.12. The fraction of sp³-hybridized carbons (Fsp3) is 0.444. The van der Waals surface area contributed by atoms with E-state index in [1.165, 1.54) is 6.08 Å². The van der Waals surface area contributed by atoms with Crippen LogP contribution in [0.2, 0.25) is 0 Å². The Morgan fingerprint density at radius 1 is 1.73 bits per heavy atom. The number of allylic oxidation sites excluding steroid dienone is 1. The molecule has 1 N–H and O–H groups in total. The number of carbonyl (C=O) groups excluding carboxylic acids is 1. The van der Waals surface area contributed by atoms with E-state index in [0.29, 0.717) is 6.54 Å². The van der Waals surface area contributed by atoms with Gasteiger partial charge in [0.15, 0.2) is 0 Å². The Morgan fingerprint density at radius 2 is 2.45 bits per heavy atom. The van der Waals surface area contributed by atoms with Gasteiger partial charge in [-0.1, -0.05) is 6.08 Å². The summed E-state index contributed by atoms with van der Waals surface area (Å²) in [6, 6.07) is 0. The first-order valence-electron chi connectivity index (χ1n) is 3.65. The van der Waals surface area contributed by atoms with Crippen LogP contribution in [0.25, 0.3) is 0 Å². The lowest BCUT2D eigenvalue weighted by Crippen LogP contribution is -2.21. The fourth-order valence-electron chi connectivity index (χ4n) is 0.612. The largest absolute Gasteiger partial charge is 0.353 e. The zero-order chi connectivity index (χ0) is 8.53. The van der Waals surface area contributed by atoms with Crippen molar-refractivity contribution in [2.24, 2.45) is 0 Å². The normalized spacial score (nSPS) is 9.45. The van der Waals surface area contributed by atoms with Crippen LogP contribution in [0, 0.1) is 12.3 Å². The molecule has 2 nitrogen and oxygen atoms in total. The van der Waals surface area contributed by atoms with E-state index in [1.54, 1.807) is 13.0 Å². The molecule has 0 aromatic carbocycles. The lowest BCUT2D eigenvalue weighted by Gasteiger charge is -1.97. The summed E-state index contributed by atoms with van der Waals surface area (Å²) < 4.78 is 0. The average molecular weight is 151 g/mol. The molecule has 0 unspecified atom stereocenters. The standard InChI is InChI=1S/C9H13NO/c1-3-5-6-8-10-9(11)7-4-2/h1,4,7H,5-6,8H2,2H3,(H,10,11)/b7-4+. The van der Waals surface area contributed by atoms with Gasteiger partial charge in [-0.15, -0.1) is 12.3 Å². The highest BCUT2D eigenvalue weighted by Gasteiger charge is 1.90. The molecular weight excluding hydrogens is 138 g/mol. The van der Waals surface area contributed by atoms with Crippen LogP contribution in [0.4, 0.5) is 0 Å². The molecule has 0 aliphatic carbocycles. The molecule has 2 heteroatoms. The molecule has 0 atom stereocenters. The highest BCUT2D eigenvalue weighted by atomic mass is 16.1. The minimum atomic E-state index is -0.0514. The Morgan fingerprint density at radius 3 is 3.00 bits per heavy atom. The van der Waals surface area contributed by atoms with E-state index in [9.17, 15) is 4.79 Å². The van der Waals surface area contributed by atoms with Crippen molar-refractivity contribution in [2.45, 2.75) is 19.8 Å². The second-order valence-electron chi connectivity index (χ2n) is 2.10. The zero-order valence-corrected chi connectivity index (χ0v) is 6.76. The molecule has 0 spiro atoms. The first kappa shape index (κ1) is 9.77. The molecule has 0 saturated carbocycles. The SMILES string of the molecule is C#CCCCNC(=O)/C=C/C. The number of hydrogen-bond donors (Lipinski definition) is 1. The summed E-state index contributed by atoms with van der Waals surface area (Å²) in [4.78, 5) is 10.8. The molecule has 11 heavy (non-hydrogen) atoms. The molecule has 0 heterocycles. The van der Waals surface area contributed by atoms with Crippen LogP contribution in [-0.2, 0) is 4.79 Å². The van der Waals surface area contributed by atoms with Gasteiger partial charge in [-0.05, 0) is 19.4 Å². The van der Waals surface area contributed by atoms with E-state index in [4.69, 9.17) is 6.42 Å². The van der Waals surface area contributed by atoms with E-state index in [2.05, 4.69) is 11.2 Å². The van der Waals surface area contributed by atoms with Crippen molar-refractivity contribution in [1.29, 1.82) is 0 Å². The molecule has 0 radical (unpaired) electrons. The van der Waals surface area contributed by atoms with Crippen molar-refractivity contribution in [3.05, 3.63) is 12.2 Å². The summed E-state index contributed by atoms with van der Waals surface area (Å²) in [6.45, 7) is 2.47. The van der Waals surface area contributed by atoms with Crippen LogP contribution in [-0.4, -0.2) is 12.5 Å². The number of amides is 1. The van der Waals surface area contributed by atoms with Crippen molar-refractivity contribution in [3.63, 3.8) is 0 Å². The quantitative estimate of drug-likeness (QED) is 0.364. The first-order valence-corrected chi connectivity index (χ1v) is 3.65. The topological polar surface area (TPSA) is 29.1 Å². The van der Waals surface area contributed by atoms with Crippen molar-refractivity contribution < 1.29 is 4.79 Å². The van der Waals surface area contributed by atoms with Gasteiger partial charge in [0.1, 0.15) is 0 Å². The van der Waals surface area contributed by atoms with Gasteiger partial charge in [-0.3, -0.25) is 4.79 Å². The van der Waals surface area contributed by atoms with Crippen molar-refractivity contribution >= 4 is 5.91 Å². The highest BCUT2D eigenvalue weighted by molar-refractivity contribution is 5.87. The van der Waals surface area contributed by atoms with Crippen LogP contribution in [0.3, 0.4) is 0 Å². The summed E-state index contributed by atoms with van der Waals surface area (Å²) >= 11 is 0. The average Bonchev–Trinajstić information content (AvgIpc) is 1.99. The van der Waals surface area contributed by atoms with Crippen LogP contribution >= 0.6 is 0 Å². The number of unbranched alkanes of at least 4 members (excludes halogenated alkanes) is 1. The Bertz CT molecular complexity index is 176. The van der Waals surface area contributed by atoms with Gasteiger partial charge in [0.2, 0.25) is 5.91 Å². The monoisotopic (exact) mass is 151 g/mol. The molecule has 0 aromatic heterocycles. The van der Waals surface area contributed by atoms with Gasteiger partial charge in [0.25, 0.3) is 0 Å². The summed E-state index contributed by atoms with van der Waals surface area (Å²) in [6.07, 6.45) is 9.79. The van der Waals surface area contributed by atoms with Gasteiger partial charge < -0.3 is 5.32 Å². The molecule has 0 fully saturated rings. The second kappa shape index (κ2) is 6.88. The maximum Gasteiger partial charge on any atom is 0.243 e. The molecule has 0 saturated heterocycles. The number of nitrogens with one attached hydrogen (secondary N) is 1. The third kappa shape index (κ3) is 6.66. The molecule has 0 aromatic rings. The lowest BCUT2D eigenvalue weighted by atomic mass is 10.3. The van der Waals surface area contributed by atoms with Crippen molar-refractivity contribution in [1.82, 2.24) is 5.32 Å². The number of hydrogen-bond acceptors (Lipinski definition) is 1. The Kier molecular flexibility index (Phi) is 6.11. The van der Waals surface area contributed by atoms with Gasteiger partial charge >= 0.3 is 0 Å². The summed E-state index contributed by atoms with van der Waals surface area (Å²) in [5.74, 6) is 2.45. The molecule has 1 amide bonds. The van der Waals surface area contributed by atoms with Crippen LogP contribution in [0.1, 0.15) is 19.8 Å². The maximum absolute atomic E-state index is 10.8. The van der Waals surface area contributed by atoms with E-state index < -0.39 is 0 Å². The van der Waals surface area contributed by atoms with E-state index in [1.807, 2.05) is 0 Å². The van der Waals surface area contributed by atoms with E-state index >= 15 is 0 Å². The fourth-order valence-corrected chi connectivity index (χ4v) is 0.612. The van der Waals surface area contributed by atoms with Crippen LogP contribution in [0.5, 0.6) is 0 Å². The minimum absolute atomic E-state index is 0.0514. The molecular formula is C9H13NO. The number of rotatable bonds is 4. The zero-order valence-electron chi connectivity index (χ0n) is 6.76. The lowest BCUT2D eigenvalue weighted by molar-refractivity contribution is -0.116. The number of carbonyl (C=O) groups is 1. The summed E-state index contributed by atoms with van der Waals surface area (Å²) in [5.41, 5.74) is 0. The Labute approximate surface area is 67.7 Å². The summed E-state index contributed by atoms with van der Waals surface area (Å²) in [7, 11) is 0. The van der Waals surface area contributed by atoms with Gasteiger partial charge in [0, 0.05) is 13.0 Å². The van der Waals surface area contributed by atoms with Gasteiger partial charge in [-0.25, -0.2) is 0 Å². The van der Waals surface area contributed by atoms with Gasteiger partial charge in [-0.2, -0.15) is 0 Å². The number of terminal acetylenes is 1. The predicted octanol–water partition coefficient (Wildman–Crippen LogP) is 1.09. The second-order valence-corrected chi connectivity index (χ2v) is 2.10. The highest BCUT2D eigenvalue weighted by Crippen LogP contribution is 1.82. The Balaban J connectivity index is 3.26. The van der Waals surface area contributed by atoms with Crippen molar-refractivity contribution in [3.8, 4) is 12.3 Å². The molecule has 0 bridgehead atoms. The van der Waals surface area contributed by atoms with Crippen LogP contribution < -0.4 is 5.32 Å². The molecule has 0 aliphatic heterocycles.